The van der Waals surface area contributed by atoms with E-state index >= 15 is 0 Å². The molecule has 3 aromatic rings. The second-order valence-corrected chi connectivity index (χ2v) is 7.40. The zero-order chi connectivity index (χ0) is 20.1. The van der Waals surface area contributed by atoms with Crippen molar-refractivity contribution in [3.63, 3.8) is 0 Å². The van der Waals surface area contributed by atoms with Crippen LogP contribution in [0.15, 0.2) is 34.9 Å². The maximum atomic E-state index is 12.1. The lowest BCUT2D eigenvalue weighted by molar-refractivity contribution is -0.121. The molecule has 0 unspecified atom stereocenters. The minimum atomic E-state index is -0.0669. The van der Waals surface area contributed by atoms with Gasteiger partial charge in [-0.2, -0.15) is 5.10 Å². The molecule has 0 atom stereocenters. The molecule has 0 aliphatic carbocycles. The Hall–Kier alpha value is -2.45. The van der Waals surface area contributed by atoms with Crippen LogP contribution < -0.4 is 5.32 Å². The summed E-state index contributed by atoms with van der Waals surface area (Å²) in [6.07, 6.45) is 2.94. The van der Waals surface area contributed by atoms with Crippen molar-refractivity contribution in [1.82, 2.24) is 25.1 Å². The fourth-order valence-corrected chi connectivity index (χ4v) is 3.47. The predicted octanol–water partition coefficient (Wildman–Crippen LogP) is 4.12. The third kappa shape index (κ3) is 4.88. The SMILES string of the molecule is CC(C)n1c(CCNC(=O)CCc2ncc(-c3ccccc3Cl)o2)n[nH]c1=S. The van der Waals surface area contributed by atoms with Gasteiger partial charge in [-0.15, -0.1) is 0 Å². The number of benzene rings is 1. The summed E-state index contributed by atoms with van der Waals surface area (Å²) < 4.78 is 8.26. The van der Waals surface area contributed by atoms with E-state index in [0.717, 1.165) is 11.4 Å². The third-order valence-electron chi connectivity index (χ3n) is 4.22. The van der Waals surface area contributed by atoms with Crippen LogP contribution in [0, 0.1) is 4.77 Å². The van der Waals surface area contributed by atoms with Crippen LogP contribution >= 0.6 is 23.8 Å². The van der Waals surface area contributed by atoms with Gasteiger partial charge in [0.2, 0.25) is 5.91 Å². The van der Waals surface area contributed by atoms with Crippen LogP contribution in [0.3, 0.4) is 0 Å². The molecule has 1 aromatic carbocycles. The highest BCUT2D eigenvalue weighted by atomic mass is 35.5. The van der Waals surface area contributed by atoms with Gasteiger partial charge in [-0.05, 0) is 38.2 Å². The van der Waals surface area contributed by atoms with E-state index in [1.54, 1.807) is 12.3 Å². The standard InChI is InChI=1S/C19H22ClN5O2S/c1-12(2)25-16(23-24-19(25)28)9-10-21-17(26)7-8-18-22-11-15(27-18)13-5-3-4-6-14(13)20/h3-6,11-12H,7-10H2,1-2H3,(H,21,26)(H,24,28). The van der Waals surface area contributed by atoms with E-state index in [4.69, 9.17) is 28.2 Å². The molecule has 2 aromatic heterocycles. The number of nitrogens with one attached hydrogen (secondary N) is 2. The molecule has 1 amide bonds. The lowest BCUT2D eigenvalue weighted by Gasteiger charge is -2.10. The van der Waals surface area contributed by atoms with Crippen LogP contribution in [-0.4, -0.2) is 32.2 Å². The lowest BCUT2D eigenvalue weighted by atomic mass is 10.2. The number of aromatic nitrogens is 4. The van der Waals surface area contributed by atoms with E-state index in [1.165, 1.54) is 0 Å². The van der Waals surface area contributed by atoms with E-state index in [-0.39, 0.29) is 11.9 Å². The van der Waals surface area contributed by atoms with Crippen molar-refractivity contribution in [2.24, 2.45) is 0 Å². The zero-order valence-corrected chi connectivity index (χ0v) is 17.3. The van der Waals surface area contributed by atoms with Crippen molar-refractivity contribution in [3.05, 3.63) is 52.0 Å². The normalized spacial score (nSPS) is 11.1. The summed E-state index contributed by atoms with van der Waals surface area (Å²) in [6.45, 7) is 4.57. The molecule has 148 valence electrons. The summed E-state index contributed by atoms with van der Waals surface area (Å²) in [6, 6.07) is 7.62. The topological polar surface area (TPSA) is 88.7 Å². The number of rotatable bonds is 8. The van der Waals surface area contributed by atoms with Crippen LogP contribution in [0.25, 0.3) is 11.3 Å². The fourth-order valence-electron chi connectivity index (χ4n) is 2.88. The molecule has 7 nitrogen and oxygen atoms in total. The van der Waals surface area contributed by atoms with E-state index < -0.39 is 0 Å². The Morgan fingerprint density at radius 1 is 1.36 bits per heavy atom. The van der Waals surface area contributed by atoms with Crippen LogP contribution in [0.2, 0.25) is 5.02 Å². The molecule has 2 heterocycles. The molecule has 2 N–H and O–H groups in total. The van der Waals surface area contributed by atoms with E-state index in [1.807, 2.05) is 36.6 Å². The first-order valence-corrected chi connectivity index (χ1v) is 9.86. The number of aromatic amines is 1. The monoisotopic (exact) mass is 419 g/mol. The molecule has 0 saturated heterocycles. The molecule has 0 radical (unpaired) electrons. The minimum Gasteiger partial charge on any atom is -0.441 e. The highest BCUT2D eigenvalue weighted by Gasteiger charge is 2.12. The number of halogens is 1. The first-order chi connectivity index (χ1) is 13.5. The summed E-state index contributed by atoms with van der Waals surface area (Å²) in [5.74, 6) is 1.86. The van der Waals surface area contributed by atoms with Gasteiger partial charge in [0, 0.05) is 37.4 Å². The predicted molar refractivity (Wildman–Crippen MR) is 110 cm³/mol. The number of carbonyl (C=O) groups excluding carboxylic acids is 1. The molecule has 0 fully saturated rings. The van der Waals surface area contributed by atoms with Gasteiger partial charge < -0.3 is 14.3 Å². The van der Waals surface area contributed by atoms with Crippen molar-refractivity contribution in [1.29, 1.82) is 0 Å². The first-order valence-electron chi connectivity index (χ1n) is 9.07. The molecule has 0 aliphatic heterocycles. The Balaban J connectivity index is 1.48. The molecular weight excluding hydrogens is 398 g/mol. The smallest absolute Gasteiger partial charge is 0.220 e. The number of aryl methyl sites for hydroxylation is 1. The van der Waals surface area contributed by atoms with Crippen molar-refractivity contribution >= 4 is 29.7 Å². The average molecular weight is 420 g/mol. The van der Waals surface area contributed by atoms with Gasteiger partial charge in [0.15, 0.2) is 16.4 Å². The molecule has 0 spiro atoms. The minimum absolute atomic E-state index is 0.0669. The number of amides is 1. The highest BCUT2D eigenvalue weighted by Crippen LogP contribution is 2.28. The van der Waals surface area contributed by atoms with Gasteiger partial charge >= 0.3 is 0 Å². The molecule has 9 heteroatoms. The number of H-pyrrole nitrogens is 1. The summed E-state index contributed by atoms with van der Waals surface area (Å²) in [5, 5.41) is 10.5. The van der Waals surface area contributed by atoms with Crippen LogP contribution in [-0.2, 0) is 17.6 Å². The van der Waals surface area contributed by atoms with Crippen molar-refractivity contribution in [2.45, 2.75) is 39.2 Å². The molecule has 3 rings (SSSR count). The van der Waals surface area contributed by atoms with Crippen LogP contribution in [0.5, 0.6) is 0 Å². The van der Waals surface area contributed by atoms with Gasteiger partial charge in [-0.25, -0.2) is 4.98 Å². The number of hydrogen-bond acceptors (Lipinski definition) is 5. The number of carbonyl (C=O) groups is 1. The first kappa shape index (κ1) is 20.3. The van der Waals surface area contributed by atoms with Crippen LogP contribution in [0.4, 0.5) is 0 Å². The van der Waals surface area contributed by atoms with Crippen molar-refractivity contribution in [3.8, 4) is 11.3 Å². The summed E-state index contributed by atoms with van der Waals surface area (Å²) >= 11 is 11.4. The number of oxazole rings is 1. The Labute approximate surface area is 173 Å². The molecule has 0 saturated carbocycles. The van der Waals surface area contributed by atoms with E-state index in [9.17, 15) is 4.79 Å². The Morgan fingerprint density at radius 3 is 2.89 bits per heavy atom. The lowest BCUT2D eigenvalue weighted by Crippen LogP contribution is -2.26. The third-order valence-corrected chi connectivity index (χ3v) is 4.84. The quantitative estimate of drug-likeness (QED) is 0.536. The largest absolute Gasteiger partial charge is 0.441 e. The van der Waals surface area contributed by atoms with Gasteiger partial charge in [-0.3, -0.25) is 9.89 Å². The van der Waals surface area contributed by atoms with Gasteiger partial charge in [0.1, 0.15) is 5.82 Å². The Bertz CT molecular complexity index is 1010. The van der Waals surface area contributed by atoms with Gasteiger partial charge in [-0.1, -0.05) is 23.7 Å². The number of hydrogen-bond donors (Lipinski definition) is 2. The molecule has 0 aliphatic rings. The number of nitrogens with zero attached hydrogens (tertiary/aromatic N) is 3. The maximum Gasteiger partial charge on any atom is 0.220 e. The Morgan fingerprint density at radius 2 is 2.14 bits per heavy atom. The summed E-state index contributed by atoms with van der Waals surface area (Å²) in [4.78, 5) is 16.3. The van der Waals surface area contributed by atoms with E-state index in [0.29, 0.717) is 47.3 Å². The second kappa shape index (κ2) is 9.16. The summed E-state index contributed by atoms with van der Waals surface area (Å²) in [5.41, 5.74) is 0.783. The second-order valence-electron chi connectivity index (χ2n) is 6.61. The van der Waals surface area contributed by atoms with E-state index in [2.05, 4.69) is 20.5 Å². The molecule has 28 heavy (non-hydrogen) atoms. The fraction of sp³-hybridized carbons (Fsp3) is 0.368. The maximum absolute atomic E-state index is 12.1. The van der Waals surface area contributed by atoms with Gasteiger partial charge in [0.25, 0.3) is 0 Å². The molecular formula is C19H22ClN5O2S. The van der Waals surface area contributed by atoms with Crippen molar-refractivity contribution < 1.29 is 9.21 Å². The zero-order valence-electron chi connectivity index (χ0n) is 15.7. The summed E-state index contributed by atoms with van der Waals surface area (Å²) in [7, 11) is 0. The van der Waals surface area contributed by atoms with Gasteiger partial charge in [0.05, 0.1) is 11.2 Å². The van der Waals surface area contributed by atoms with Crippen molar-refractivity contribution in [2.75, 3.05) is 6.54 Å². The Kier molecular flexibility index (Phi) is 6.64. The van der Waals surface area contributed by atoms with Crippen LogP contribution in [0.1, 0.15) is 38.0 Å². The average Bonchev–Trinajstić information content (AvgIpc) is 3.27. The molecule has 0 bridgehead atoms. The highest BCUT2D eigenvalue weighted by molar-refractivity contribution is 7.71.